The summed E-state index contributed by atoms with van der Waals surface area (Å²) in [5.41, 5.74) is 1.31. The molecule has 0 spiro atoms. The summed E-state index contributed by atoms with van der Waals surface area (Å²) in [6, 6.07) is 6.63. The first kappa shape index (κ1) is 21.8. The Balaban J connectivity index is 0.00000220. The van der Waals surface area contributed by atoms with Crippen LogP contribution in [-0.4, -0.2) is 38.2 Å². The zero-order chi connectivity index (χ0) is 14.5. The number of methoxy groups -OCH3 is 1. The molecule has 0 unspecified atom stereocenters. The first-order chi connectivity index (χ1) is 9.61. The molecule has 3 nitrogen and oxygen atoms in total. The van der Waals surface area contributed by atoms with E-state index < -0.39 is 0 Å². The van der Waals surface area contributed by atoms with Crippen molar-refractivity contribution in [3.05, 3.63) is 28.8 Å². The maximum atomic E-state index is 6.14. The van der Waals surface area contributed by atoms with Gasteiger partial charge in [-0.15, -0.1) is 24.8 Å². The molecule has 0 bridgehead atoms. The fourth-order valence-corrected chi connectivity index (χ4v) is 3.01. The van der Waals surface area contributed by atoms with Gasteiger partial charge < -0.3 is 10.1 Å². The lowest BCUT2D eigenvalue weighted by molar-refractivity contribution is 0.154. The summed E-state index contributed by atoms with van der Waals surface area (Å²) in [6.45, 7) is 8.90. The molecule has 22 heavy (non-hydrogen) atoms. The molecule has 0 aromatic heterocycles. The lowest BCUT2D eigenvalue weighted by Crippen LogP contribution is -2.45. The Morgan fingerprint density at radius 3 is 2.41 bits per heavy atom. The van der Waals surface area contributed by atoms with Crippen molar-refractivity contribution in [2.45, 2.75) is 26.3 Å². The third-order valence-corrected chi connectivity index (χ3v) is 4.16. The van der Waals surface area contributed by atoms with E-state index in [2.05, 4.69) is 36.2 Å². The highest BCUT2D eigenvalue weighted by Crippen LogP contribution is 2.33. The highest BCUT2D eigenvalue weighted by atomic mass is 35.5. The maximum Gasteiger partial charge on any atom is 0.137 e. The van der Waals surface area contributed by atoms with Gasteiger partial charge >= 0.3 is 0 Å². The number of halogens is 3. The van der Waals surface area contributed by atoms with E-state index in [1.165, 1.54) is 5.56 Å². The Morgan fingerprint density at radius 2 is 1.86 bits per heavy atom. The molecule has 6 heteroatoms. The second kappa shape index (κ2) is 10.6. The Kier molecular flexibility index (Phi) is 10.5. The normalized spacial score (nSPS) is 16.6. The number of nitrogens with one attached hydrogen (secondary N) is 1. The van der Waals surface area contributed by atoms with Crippen molar-refractivity contribution in [2.75, 3.05) is 33.3 Å². The van der Waals surface area contributed by atoms with Gasteiger partial charge in [-0.05, 0) is 30.0 Å². The fourth-order valence-electron chi connectivity index (χ4n) is 2.82. The smallest absolute Gasteiger partial charge is 0.137 e. The summed E-state index contributed by atoms with van der Waals surface area (Å²) >= 11 is 6.14. The molecule has 1 heterocycles. The van der Waals surface area contributed by atoms with Crippen molar-refractivity contribution < 1.29 is 4.74 Å². The van der Waals surface area contributed by atoms with Gasteiger partial charge in [-0.3, -0.25) is 4.90 Å². The number of piperazine rings is 1. The van der Waals surface area contributed by atoms with E-state index in [-0.39, 0.29) is 24.8 Å². The van der Waals surface area contributed by atoms with E-state index in [0.717, 1.165) is 38.3 Å². The summed E-state index contributed by atoms with van der Waals surface area (Å²) < 4.78 is 5.37. The van der Waals surface area contributed by atoms with Crippen LogP contribution in [0, 0.1) is 5.92 Å². The SMILES string of the molecule is COc1cc([C@@H](CC(C)C)N2CCNCC2)ccc1Cl.Cl.Cl. The molecule has 0 aliphatic carbocycles. The number of ether oxygens (including phenoxy) is 1. The zero-order valence-electron chi connectivity index (χ0n) is 13.5. The van der Waals surface area contributed by atoms with Gasteiger partial charge in [-0.1, -0.05) is 31.5 Å². The van der Waals surface area contributed by atoms with Gasteiger partial charge in [0, 0.05) is 32.2 Å². The van der Waals surface area contributed by atoms with Gasteiger partial charge in [0.05, 0.1) is 12.1 Å². The molecular formula is C16H27Cl3N2O. The van der Waals surface area contributed by atoms with E-state index in [1.54, 1.807) is 7.11 Å². The Hall–Kier alpha value is -0.190. The molecule has 1 fully saturated rings. The number of rotatable bonds is 5. The number of benzene rings is 1. The average Bonchev–Trinajstić information content (AvgIpc) is 2.46. The summed E-state index contributed by atoms with van der Waals surface area (Å²) in [4.78, 5) is 2.57. The molecule has 2 rings (SSSR count). The van der Waals surface area contributed by atoms with Crippen LogP contribution < -0.4 is 10.1 Å². The van der Waals surface area contributed by atoms with Crippen molar-refractivity contribution in [3.63, 3.8) is 0 Å². The van der Waals surface area contributed by atoms with Crippen molar-refractivity contribution in [2.24, 2.45) is 5.92 Å². The number of hydrogen-bond donors (Lipinski definition) is 1. The molecule has 0 radical (unpaired) electrons. The largest absolute Gasteiger partial charge is 0.495 e. The van der Waals surface area contributed by atoms with Gasteiger partial charge in [0.15, 0.2) is 0 Å². The third kappa shape index (κ3) is 5.78. The molecule has 1 aliphatic heterocycles. The lowest BCUT2D eigenvalue weighted by Gasteiger charge is -2.36. The Morgan fingerprint density at radius 1 is 1.23 bits per heavy atom. The molecule has 128 valence electrons. The van der Waals surface area contributed by atoms with Crippen LogP contribution in [0.3, 0.4) is 0 Å². The van der Waals surface area contributed by atoms with E-state index >= 15 is 0 Å². The molecule has 1 N–H and O–H groups in total. The van der Waals surface area contributed by atoms with E-state index in [9.17, 15) is 0 Å². The van der Waals surface area contributed by atoms with Gasteiger partial charge in [0.1, 0.15) is 5.75 Å². The first-order valence-electron chi connectivity index (χ1n) is 7.40. The molecule has 1 atom stereocenters. The monoisotopic (exact) mass is 368 g/mol. The van der Waals surface area contributed by atoms with Crippen molar-refractivity contribution >= 4 is 36.4 Å². The van der Waals surface area contributed by atoms with Gasteiger partial charge in [-0.25, -0.2) is 0 Å². The van der Waals surface area contributed by atoms with Crippen LogP contribution in [0.2, 0.25) is 5.02 Å². The Bertz CT molecular complexity index is 437. The van der Waals surface area contributed by atoms with Gasteiger partial charge in [0.2, 0.25) is 0 Å². The highest BCUT2D eigenvalue weighted by molar-refractivity contribution is 6.32. The van der Waals surface area contributed by atoms with E-state index in [0.29, 0.717) is 17.0 Å². The number of hydrogen-bond acceptors (Lipinski definition) is 3. The predicted molar refractivity (Wildman–Crippen MR) is 99.1 cm³/mol. The fraction of sp³-hybridized carbons (Fsp3) is 0.625. The second-order valence-corrected chi connectivity index (χ2v) is 6.23. The van der Waals surface area contributed by atoms with Crippen molar-refractivity contribution in [1.29, 1.82) is 0 Å². The maximum absolute atomic E-state index is 6.14. The standard InChI is InChI=1S/C16H25ClN2O.2ClH/c1-12(2)10-15(19-8-6-18-7-9-19)13-4-5-14(17)16(11-13)20-3;;/h4-5,11-12,15,18H,6-10H2,1-3H3;2*1H/t15-;;/m1../s1. The van der Waals surface area contributed by atoms with Crippen LogP contribution in [0.15, 0.2) is 18.2 Å². The Labute approximate surface area is 151 Å². The van der Waals surface area contributed by atoms with Crippen LogP contribution in [0.25, 0.3) is 0 Å². The number of nitrogens with zero attached hydrogens (tertiary/aromatic N) is 1. The molecule has 1 saturated heterocycles. The molecule has 1 aromatic rings. The zero-order valence-corrected chi connectivity index (χ0v) is 15.9. The predicted octanol–water partition coefficient (Wildman–Crippen LogP) is 4.18. The van der Waals surface area contributed by atoms with Crippen LogP contribution in [0.1, 0.15) is 31.9 Å². The molecule has 0 amide bonds. The van der Waals surface area contributed by atoms with E-state index in [4.69, 9.17) is 16.3 Å². The minimum absolute atomic E-state index is 0. The van der Waals surface area contributed by atoms with Crippen LogP contribution in [0.5, 0.6) is 5.75 Å². The summed E-state index contributed by atoms with van der Waals surface area (Å²) in [6.07, 6.45) is 1.16. The average molecular weight is 370 g/mol. The van der Waals surface area contributed by atoms with E-state index in [1.807, 2.05) is 6.07 Å². The lowest BCUT2D eigenvalue weighted by atomic mass is 9.95. The summed E-state index contributed by atoms with van der Waals surface area (Å²) in [5.74, 6) is 1.43. The van der Waals surface area contributed by atoms with Crippen LogP contribution in [-0.2, 0) is 0 Å². The molecule has 1 aliphatic rings. The quantitative estimate of drug-likeness (QED) is 0.842. The first-order valence-corrected chi connectivity index (χ1v) is 7.77. The topological polar surface area (TPSA) is 24.5 Å². The van der Waals surface area contributed by atoms with Crippen molar-refractivity contribution in [1.82, 2.24) is 10.2 Å². The highest BCUT2D eigenvalue weighted by Gasteiger charge is 2.23. The van der Waals surface area contributed by atoms with Gasteiger partial charge in [0.25, 0.3) is 0 Å². The summed E-state index contributed by atoms with van der Waals surface area (Å²) in [5, 5.41) is 4.10. The molecular weight excluding hydrogens is 343 g/mol. The third-order valence-electron chi connectivity index (χ3n) is 3.85. The minimum atomic E-state index is 0. The van der Waals surface area contributed by atoms with Gasteiger partial charge in [-0.2, -0.15) is 0 Å². The molecule has 1 aromatic carbocycles. The minimum Gasteiger partial charge on any atom is -0.495 e. The second-order valence-electron chi connectivity index (χ2n) is 5.83. The summed E-state index contributed by atoms with van der Waals surface area (Å²) in [7, 11) is 1.67. The molecule has 0 saturated carbocycles. The van der Waals surface area contributed by atoms with Crippen LogP contribution in [0.4, 0.5) is 0 Å². The van der Waals surface area contributed by atoms with Crippen LogP contribution >= 0.6 is 36.4 Å². The van der Waals surface area contributed by atoms with Crippen molar-refractivity contribution in [3.8, 4) is 5.75 Å².